The van der Waals surface area contributed by atoms with Gasteiger partial charge in [-0.05, 0) is 62.7 Å². The molecule has 0 aliphatic heterocycles. The fourth-order valence-corrected chi connectivity index (χ4v) is 2.44. The van der Waals surface area contributed by atoms with Gasteiger partial charge in [0.15, 0.2) is 0 Å². The minimum absolute atomic E-state index is 0.293. The summed E-state index contributed by atoms with van der Waals surface area (Å²) in [6.45, 7) is 4.07. The van der Waals surface area contributed by atoms with E-state index in [9.17, 15) is 0 Å². The van der Waals surface area contributed by atoms with Crippen LogP contribution in [0.5, 0.6) is 0 Å². The molecule has 0 spiro atoms. The Kier molecular flexibility index (Phi) is 4.56. The first-order chi connectivity index (χ1) is 9.08. The number of hydrogen-bond donors (Lipinski definition) is 1. The van der Waals surface area contributed by atoms with E-state index in [0.717, 1.165) is 22.8 Å². The highest BCUT2D eigenvalue weighted by atomic mass is 35.5. The molecule has 0 aliphatic carbocycles. The number of likely N-dealkylation sites (N-methyl/N-ethyl adjacent to an activating group) is 1. The number of halogens is 1. The van der Waals surface area contributed by atoms with Gasteiger partial charge in [-0.15, -0.1) is 0 Å². The first kappa shape index (κ1) is 14.0. The molecule has 0 radical (unpaired) electrons. The lowest BCUT2D eigenvalue weighted by molar-refractivity contribution is 0.590. The minimum Gasteiger partial charge on any atom is -0.313 e. The van der Waals surface area contributed by atoms with Crippen LogP contribution in [0.3, 0.4) is 0 Å². The lowest BCUT2D eigenvalue weighted by Gasteiger charge is -2.18. The summed E-state index contributed by atoms with van der Waals surface area (Å²) in [5.74, 6) is 0. The minimum atomic E-state index is 0.293. The Morgan fingerprint density at radius 2 is 1.68 bits per heavy atom. The van der Waals surface area contributed by atoms with Gasteiger partial charge >= 0.3 is 0 Å². The van der Waals surface area contributed by atoms with Gasteiger partial charge in [-0.2, -0.15) is 0 Å². The molecule has 2 rings (SSSR count). The Morgan fingerprint density at radius 1 is 1.11 bits per heavy atom. The molecule has 3 heteroatoms. The van der Waals surface area contributed by atoms with Gasteiger partial charge in [-0.3, -0.25) is 4.98 Å². The molecule has 1 N–H and O–H groups in total. The zero-order chi connectivity index (χ0) is 13.8. The molecule has 0 saturated carbocycles. The van der Waals surface area contributed by atoms with Gasteiger partial charge in [-0.25, -0.2) is 0 Å². The normalized spacial score (nSPS) is 12.4. The van der Waals surface area contributed by atoms with E-state index in [0.29, 0.717) is 6.04 Å². The summed E-state index contributed by atoms with van der Waals surface area (Å²) in [6, 6.07) is 12.6. The van der Waals surface area contributed by atoms with Crippen LogP contribution < -0.4 is 5.32 Å². The maximum Gasteiger partial charge on any atom is 0.0406 e. The van der Waals surface area contributed by atoms with E-state index in [-0.39, 0.29) is 0 Å². The molecule has 0 bridgehead atoms. The van der Waals surface area contributed by atoms with E-state index >= 15 is 0 Å². The summed E-state index contributed by atoms with van der Waals surface area (Å²) in [5.41, 5.74) is 4.68. The van der Waals surface area contributed by atoms with E-state index < -0.39 is 0 Å². The molecule has 19 heavy (non-hydrogen) atoms. The molecule has 1 aromatic heterocycles. The number of hydrogen-bond acceptors (Lipinski definition) is 2. The number of benzene rings is 1. The first-order valence-electron chi connectivity index (χ1n) is 6.45. The van der Waals surface area contributed by atoms with Crippen molar-refractivity contribution in [3.63, 3.8) is 0 Å². The Balaban J connectivity index is 2.22. The second-order valence-corrected chi connectivity index (χ2v) is 5.29. The summed E-state index contributed by atoms with van der Waals surface area (Å²) >= 11 is 5.92. The predicted molar refractivity (Wildman–Crippen MR) is 80.7 cm³/mol. The molecule has 100 valence electrons. The van der Waals surface area contributed by atoms with Gasteiger partial charge < -0.3 is 5.32 Å². The molecule has 2 nitrogen and oxygen atoms in total. The van der Waals surface area contributed by atoms with Crippen LogP contribution in [0.15, 0.2) is 36.4 Å². The van der Waals surface area contributed by atoms with Crippen LogP contribution in [-0.2, 0) is 6.42 Å². The van der Waals surface area contributed by atoms with Crippen LogP contribution in [0.2, 0.25) is 5.02 Å². The van der Waals surface area contributed by atoms with Crippen molar-refractivity contribution in [1.82, 2.24) is 10.3 Å². The predicted octanol–water partition coefficient (Wildman–Crippen LogP) is 3.86. The first-order valence-corrected chi connectivity index (χ1v) is 6.83. The lowest BCUT2D eigenvalue weighted by atomic mass is 9.98. The molecule has 0 amide bonds. The van der Waals surface area contributed by atoms with Crippen LogP contribution in [0.4, 0.5) is 0 Å². The number of pyridine rings is 1. The van der Waals surface area contributed by atoms with Gasteiger partial charge in [0.1, 0.15) is 0 Å². The molecule has 0 aliphatic rings. The van der Waals surface area contributed by atoms with Crippen LogP contribution in [0.1, 0.15) is 28.6 Å². The smallest absolute Gasteiger partial charge is 0.0406 e. The number of rotatable bonds is 4. The highest BCUT2D eigenvalue weighted by Crippen LogP contribution is 2.20. The van der Waals surface area contributed by atoms with Gasteiger partial charge in [0.05, 0.1) is 0 Å². The molecule has 2 aromatic rings. The molecule has 1 unspecified atom stereocenters. The van der Waals surface area contributed by atoms with Crippen LogP contribution in [0, 0.1) is 13.8 Å². The lowest BCUT2D eigenvalue weighted by Crippen LogP contribution is -2.19. The van der Waals surface area contributed by atoms with E-state index in [2.05, 4.69) is 34.6 Å². The summed E-state index contributed by atoms with van der Waals surface area (Å²) in [5, 5.41) is 4.15. The van der Waals surface area contributed by atoms with Crippen LogP contribution >= 0.6 is 11.6 Å². The molecule has 0 fully saturated rings. The van der Waals surface area contributed by atoms with Gasteiger partial charge in [0.2, 0.25) is 0 Å². The van der Waals surface area contributed by atoms with E-state index in [1.165, 1.54) is 11.1 Å². The maximum absolute atomic E-state index is 5.92. The van der Waals surface area contributed by atoms with Crippen molar-refractivity contribution in [3.05, 3.63) is 63.9 Å². The topological polar surface area (TPSA) is 24.9 Å². The highest BCUT2D eigenvalue weighted by Gasteiger charge is 2.11. The molecule has 1 heterocycles. The molecule has 0 saturated heterocycles. The number of aryl methyl sites for hydroxylation is 2. The average molecular weight is 275 g/mol. The SMILES string of the molecule is CNC(Cc1ccc(Cl)cc1)c1cc(C)nc(C)c1. The fourth-order valence-electron chi connectivity index (χ4n) is 2.31. The average Bonchev–Trinajstić information content (AvgIpc) is 2.37. The monoisotopic (exact) mass is 274 g/mol. The van der Waals surface area contributed by atoms with Crippen molar-refractivity contribution < 1.29 is 0 Å². The van der Waals surface area contributed by atoms with Crippen molar-refractivity contribution in [2.45, 2.75) is 26.3 Å². The zero-order valence-corrected chi connectivity index (χ0v) is 12.3. The van der Waals surface area contributed by atoms with E-state index in [1.54, 1.807) is 0 Å². The Bertz CT molecular complexity index is 529. The molecule has 1 aromatic carbocycles. The van der Waals surface area contributed by atoms with Crippen molar-refractivity contribution >= 4 is 11.6 Å². The van der Waals surface area contributed by atoms with Gasteiger partial charge in [0.25, 0.3) is 0 Å². The number of aromatic nitrogens is 1. The second-order valence-electron chi connectivity index (χ2n) is 4.86. The largest absolute Gasteiger partial charge is 0.313 e. The van der Waals surface area contributed by atoms with Crippen LogP contribution in [0.25, 0.3) is 0 Å². The van der Waals surface area contributed by atoms with Crippen molar-refractivity contribution in [2.75, 3.05) is 7.05 Å². The number of nitrogens with zero attached hydrogens (tertiary/aromatic N) is 1. The Hall–Kier alpha value is -1.38. The maximum atomic E-state index is 5.92. The third-order valence-electron chi connectivity index (χ3n) is 3.21. The van der Waals surface area contributed by atoms with Gasteiger partial charge in [-0.1, -0.05) is 23.7 Å². The van der Waals surface area contributed by atoms with Crippen molar-refractivity contribution in [2.24, 2.45) is 0 Å². The Labute approximate surface area is 119 Å². The Morgan fingerprint density at radius 3 is 2.21 bits per heavy atom. The molecular formula is C16H19ClN2. The third-order valence-corrected chi connectivity index (χ3v) is 3.46. The molecular weight excluding hydrogens is 256 g/mol. The van der Waals surface area contributed by atoms with E-state index in [4.69, 9.17) is 11.6 Å². The van der Waals surface area contributed by atoms with E-state index in [1.807, 2.05) is 33.0 Å². The molecule has 1 atom stereocenters. The van der Waals surface area contributed by atoms with Crippen LogP contribution in [-0.4, -0.2) is 12.0 Å². The quantitative estimate of drug-likeness (QED) is 0.916. The van der Waals surface area contributed by atoms with Crippen molar-refractivity contribution in [1.29, 1.82) is 0 Å². The fraction of sp³-hybridized carbons (Fsp3) is 0.312. The van der Waals surface area contributed by atoms with Crippen molar-refractivity contribution in [3.8, 4) is 0 Å². The van der Waals surface area contributed by atoms with Gasteiger partial charge in [0, 0.05) is 22.5 Å². The second kappa shape index (κ2) is 6.18. The zero-order valence-electron chi connectivity index (χ0n) is 11.6. The standard InChI is InChI=1S/C16H19ClN2/c1-11-8-14(9-12(2)19-11)16(18-3)10-13-4-6-15(17)7-5-13/h4-9,16,18H,10H2,1-3H3. The summed E-state index contributed by atoms with van der Waals surface area (Å²) in [7, 11) is 1.99. The summed E-state index contributed by atoms with van der Waals surface area (Å²) in [6.07, 6.45) is 0.941. The highest BCUT2D eigenvalue weighted by molar-refractivity contribution is 6.30. The summed E-state index contributed by atoms with van der Waals surface area (Å²) in [4.78, 5) is 4.42. The summed E-state index contributed by atoms with van der Waals surface area (Å²) < 4.78 is 0. The number of nitrogens with one attached hydrogen (secondary N) is 1. The third kappa shape index (κ3) is 3.79.